The van der Waals surface area contributed by atoms with Crippen LogP contribution in [0.15, 0.2) is 30.3 Å². The zero-order valence-corrected chi connectivity index (χ0v) is 22.6. The highest BCUT2D eigenvalue weighted by Gasteiger charge is 2.35. The van der Waals surface area contributed by atoms with E-state index in [0.29, 0.717) is 38.8 Å². The van der Waals surface area contributed by atoms with Crippen molar-refractivity contribution in [3.8, 4) is 0 Å². The molecule has 0 saturated carbocycles. The summed E-state index contributed by atoms with van der Waals surface area (Å²) in [4.78, 5) is 2.50. The molecule has 0 unspecified atom stereocenters. The molecule has 0 aromatic heterocycles. The molecule has 1 aromatic rings. The molecular formula is C24H43NO6P2. The Morgan fingerprint density at radius 3 is 1.58 bits per heavy atom. The number of nitrogens with zero attached hydrogens (tertiary/aromatic N) is 1. The summed E-state index contributed by atoms with van der Waals surface area (Å²) < 4.78 is 48.3. The van der Waals surface area contributed by atoms with Crippen molar-refractivity contribution in [1.82, 2.24) is 4.90 Å². The Hall–Kier alpha value is -0.520. The largest absolute Gasteiger partial charge is 0.330 e. The molecule has 1 saturated heterocycles. The molecule has 0 amide bonds. The van der Waals surface area contributed by atoms with E-state index in [4.69, 9.17) is 18.1 Å². The number of likely N-dealkylation sites (tertiary alicyclic amines) is 1. The highest BCUT2D eigenvalue weighted by molar-refractivity contribution is 7.54. The lowest BCUT2D eigenvalue weighted by molar-refractivity contribution is 0.0678. The fourth-order valence-corrected chi connectivity index (χ4v) is 8.09. The van der Waals surface area contributed by atoms with E-state index in [1.54, 1.807) is 0 Å². The van der Waals surface area contributed by atoms with Crippen molar-refractivity contribution in [3.05, 3.63) is 35.9 Å². The van der Waals surface area contributed by atoms with Crippen molar-refractivity contribution in [1.29, 1.82) is 0 Å². The molecule has 0 bridgehead atoms. The first-order valence-corrected chi connectivity index (χ1v) is 15.9. The van der Waals surface area contributed by atoms with Crippen molar-refractivity contribution < 1.29 is 27.2 Å². The zero-order valence-electron chi connectivity index (χ0n) is 20.8. The van der Waals surface area contributed by atoms with E-state index in [9.17, 15) is 9.13 Å². The molecule has 9 heteroatoms. The smallest absolute Gasteiger partial charge is 0.309 e. The predicted molar refractivity (Wildman–Crippen MR) is 134 cm³/mol. The normalized spacial score (nSPS) is 20.2. The maximum Gasteiger partial charge on any atom is 0.330 e. The summed E-state index contributed by atoms with van der Waals surface area (Å²) in [7, 11) is -6.17. The molecule has 1 aliphatic heterocycles. The highest BCUT2D eigenvalue weighted by atomic mass is 31.2. The van der Waals surface area contributed by atoms with Gasteiger partial charge in [0.25, 0.3) is 0 Å². The molecular weight excluding hydrogens is 460 g/mol. The van der Waals surface area contributed by atoms with E-state index >= 15 is 0 Å². The molecule has 1 fully saturated rings. The van der Waals surface area contributed by atoms with Crippen LogP contribution in [0.3, 0.4) is 0 Å². The zero-order chi connectivity index (χ0) is 24.2. The van der Waals surface area contributed by atoms with Gasteiger partial charge in [-0.3, -0.25) is 14.0 Å². The van der Waals surface area contributed by atoms with Crippen molar-refractivity contribution in [2.45, 2.75) is 78.4 Å². The summed E-state index contributed by atoms with van der Waals surface area (Å²) in [5.41, 5.74) is 1.24. The molecule has 0 spiro atoms. The van der Waals surface area contributed by atoms with Crippen LogP contribution in [-0.2, 0) is 33.8 Å². The second-order valence-corrected chi connectivity index (χ2v) is 12.7. The van der Waals surface area contributed by atoms with Crippen molar-refractivity contribution in [3.63, 3.8) is 0 Å². The van der Waals surface area contributed by atoms with Gasteiger partial charge in [-0.05, 0) is 58.9 Å². The minimum atomic E-state index is -3.09. The van der Waals surface area contributed by atoms with Gasteiger partial charge in [-0.1, -0.05) is 36.8 Å². The SMILES string of the molecule is CCOP(=O)(CC[C@H]1CCC[C@@H](CCP(=O)(OCC)OCC)N1Cc1ccccc1)OCC. The van der Waals surface area contributed by atoms with Crippen molar-refractivity contribution in [2.24, 2.45) is 0 Å². The summed E-state index contributed by atoms with van der Waals surface area (Å²) in [6, 6.07) is 10.9. The van der Waals surface area contributed by atoms with Crippen LogP contribution in [0.25, 0.3) is 0 Å². The van der Waals surface area contributed by atoms with Crippen LogP contribution in [0.2, 0.25) is 0 Å². The van der Waals surface area contributed by atoms with Crippen LogP contribution < -0.4 is 0 Å². The molecule has 0 aliphatic carbocycles. The summed E-state index contributed by atoms with van der Waals surface area (Å²) in [6.45, 7) is 9.70. The van der Waals surface area contributed by atoms with E-state index in [2.05, 4.69) is 29.2 Å². The fourth-order valence-electron chi connectivity index (χ4n) is 4.63. The minimum Gasteiger partial charge on any atom is -0.309 e. The third-order valence-electron chi connectivity index (χ3n) is 6.00. The standard InChI is InChI=1S/C24H43NO6P2/c1-5-28-32(26,29-6-2)19-17-23-15-12-16-24(18-20-33(27,30-7-3)31-8-4)25(23)21-22-13-10-9-11-14-22/h9-11,13-14,23-24H,5-8,12,15-21H2,1-4H3/t23-,24+. The minimum absolute atomic E-state index is 0.261. The Balaban J connectivity index is 2.16. The van der Waals surface area contributed by atoms with Gasteiger partial charge in [0.05, 0.1) is 38.8 Å². The van der Waals surface area contributed by atoms with Gasteiger partial charge >= 0.3 is 15.2 Å². The van der Waals surface area contributed by atoms with Crippen LogP contribution in [0.5, 0.6) is 0 Å². The Bertz CT molecular complexity index is 701. The molecule has 0 N–H and O–H groups in total. The quantitative estimate of drug-likeness (QED) is 0.232. The van der Waals surface area contributed by atoms with Gasteiger partial charge in [0.15, 0.2) is 0 Å². The average molecular weight is 504 g/mol. The van der Waals surface area contributed by atoms with Crippen LogP contribution in [0.4, 0.5) is 0 Å². The molecule has 190 valence electrons. The fraction of sp³-hybridized carbons (Fsp3) is 0.750. The van der Waals surface area contributed by atoms with Gasteiger partial charge in [0.2, 0.25) is 0 Å². The second-order valence-electron chi connectivity index (χ2n) is 8.31. The predicted octanol–water partition coefficient (Wildman–Crippen LogP) is 6.72. The lowest BCUT2D eigenvalue weighted by Crippen LogP contribution is -2.46. The molecule has 1 heterocycles. The Kier molecular flexibility index (Phi) is 12.9. The van der Waals surface area contributed by atoms with Crippen LogP contribution in [0, 0.1) is 0 Å². The monoisotopic (exact) mass is 503 g/mol. The first kappa shape index (κ1) is 28.7. The molecule has 2 rings (SSSR count). The molecule has 33 heavy (non-hydrogen) atoms. The summed E-state index contributed by atoms with van der Waals surface area (Å²) >= 11 is 0. The van der Waals surface area contributed by atoms with Gasteiger partial charge in [0, 0.05) is 18.6 Å². The Labute approximate surface area is 200 Å². The second kappa shape index (κ2) is 14.8. The third kappa shape index (κ3) is 9.57. The molecule has 2 atom stereocenters. The van der Waals surface area contributed by atoms with E-state index in [1.807, 2.05) is 33.8 Å². The van der Waals surface area contributed by atoms with E-state index in [0.717, 1.165) is 38.6 Å². The van der Waals surface area contributed by atoms with E-state index < -0.39 is 15.2 Å². The molecule has 0 radical (unpaired) electrons. The average Bonchev–Trinajstić information content (AvgIpc) is 2.79. The molecule has 1 aromatic carbocycles. The first-order valence-electron chi connectivity index (χ1n) is 12.4. The van der Waals surface area contributed by atoms with E-state index in [1.165, 1.54) is 5.56 Å². The Morgan fingerprint density at radius 1 is 0.758 bits per heavy atom. The molecule has 7 nitrogen and oxygen atoms in total. The maximum atomic E-state index is 13.1. The topological polar surface area (TPSA) is 74.3 Å². The Morgan fingerprint density at radius 2 is 1.18 bits per heavy atom. The van der Waals surface area contributed by atoms with Crippen LogP contribution in [0.1, 0.15) is 65.4 Å². The van der Waals surface area contributed by atoms with Crippen LogP contribution in [-0.4, -0.2) is 55.7 Å². The van der Waals surface area contributed by atoms with Gasteiger partial charge < -0.3 is 18.1 Å². The first-order chi connectivity index (χ1) is 15.9. The maximum absolute atomic E-state index is 13.1. The van der Waals surface area contributed by atoms with E-state index in [-0.39, 0.29) is 12.1 Å². The lowest BCUT2D eigenvalue weighted by atomic mass is 9.92. The number of hydrogen-bond acceptors (Lipinski definition) is 7. The highest BCUT2D eigenvalue weighted by Crippen LogP contribution is 2.51. The number of piperidine rings is 1. The van der Waals surface area contributed by atoms with Gasteiger partial charge in [-0.15, -0.1) is 0 Å². The number of hydrogen-bond donors (Lipinski definition) is 0. The number of rotatable bonds is 16. The van der Waals surface area contributed by atoms with Crippen molar-refractivity contribution >= 4 is 15.2 Å². The van der Waals surface area contributed by atoms with Gasteiger partial charge in [0.1, 0.15) is 0 Å². The van der Waals surface area contributed by atoms with Crippen molar-refractivity contribution in [2.75, 3.05) is 38.8 Å². The lowest BCUT2D eigenvalue weighted by Gasteiger charge is -2.43. The number of benzene rings is 1. The summed E-state index contributed by atoms with van der Waals surface area (Å²) in [5, 5.41) is 0. The molecule has 1 aliphatic rings. The summed E-state index contributed by atoms with van der Waals surface area (Å²) in [5.74, 6) is 0. The van der Waals surface area contributed by atoms with Gasteiger partial charge in [-0.25, -0.2) is 0 Å². The van der Waals surface area contributed by atoms with Gasteiger partial charge in [-0.2, -0.15) is 0 Å². The third-order valence-corrected chi connectivity index (χ3v) is 10.2. The van der Waals surface area contributed by atoms with Crippen LogP contribution >= 0.6 is 15.2 Å². The summed E-state index contributed by atoms with van der Waals surface area (Å²) in [6.07, 6.45) is 5.47.